The molecule has 0 fully saturated rings. The Hall–Kier alpha value is -2.67. The highest BCUT2D eigenvalue weighted by Gasteiger charge is 2.14. The minimum Gasteiger partial charge on any atom is -0.490 e. The van der Waals surface area contributed by atoms with Crippen LogP contribution in [0.4, 0.5) is 15.8 Å². The predicted molar refractivity (Wildman–Crippen MR) is 81.1 cm³/mol. The van der Waals surface area contributed by atoms with Crippen LogP contribution < -0.4 is 15.8 Å². The first-order valence-corrected chi connectivity index (χ1v) is 6.69. The lowest BCUT2D eigenvalue weighted by Crippen LogP contribution is -2.20. The van der Waals surface area contributed by atoms with Crippen LogP contribution in [0.2, 0.25) is 0 Å². The van der Waals surface area contributed by atoms with Crippen LogP contribution in [0.25, 0.3) is 0 Å². The molecule has 0 amide bonds. The minimum absolute atomic E-state index is 0.0195. The van der Waals surface area contributed by atoms with Gasteiger partial charge in [0.15, 0.2) is 5.69 Å². The summed E-state index contributed by atoms with van der Waals surface area (Å²) < 4.78 is 18.2. The van der Waals surface area contributed by atoms with Crippen LogP contribution in [0.15, 0.2) is 42.5 Å². The number of nitro groups is 1. The van der Waals surface area contributed by atoms with Gasteiger partial charge in [0.2, 0.25) is 0 Å². The van der Waals surface area contributed by atoms with Crippen LogP contribution in [-0.4, -0.2) is 18.1 Å². The lowest BCUT2D eigenvalue weighted by atomic mass is 10.2. The van der Waals surface area contributed by atoms with E-state index in [1.807, 2.05) is 0 Å². The smallest absolute Gasteiger partial charge is 0.295 e. The summed E-state index contributed by atoms with van der Waals surface area (Å²) in [5.74, 6) is 0.0195. The van der Waals surface area contributed by atoms with E-state index in [9.17, 15) is 14.5 Å². The van der Waals surface area contributed by atoms with Gasteiger partial charge in [-0.1, -0.05) is 18.2 Å². The number of hydrogen-bond donors (Lipinski definition) is 2. The van der Waals surface area contributed by atoms with E-state index in [1.54, 1.807) is 18.2 Å². The molecular formula is C15H16FN3O3. The van der Waals surface area contributed by atoms with Gasteiger partial charge in [-0.15, -0.1) is 0 Å². The van der Waals surface area contributed by atoms with Crippen molar-refractivity contribution in [2.24, 2.45) is 0 Å². The second-order valence-electron chi connectivity index (χ2n) is 4.60. The monoisotopic (exact) mass is 305 g/mol. The number of nitrogens with one attached hydrogen (secondary N) is 1. The zero-order valence-corrected chi connectivity index (χ0v) is 11.8. The molecule has 0 atom stereocenters. The minimum atomic E-state index is -0.547. The first-order valence-electron chi connectivity index (χ1n) is 6.69. The molecule has 22 heavy (non-hydrogen) atoms. The van der Waals surface area contributed by atoms with E-state index in [1.165, 1.54) is 24.3 Å². The molecule has 3 N–H and O–H groups in total. The van der Waals surface area contributed by atoms with Gasteiger partial charge in [-0.2, -0.15) is 0 Å². The molecule has 0 saturated heterocycles. The van der Waals surface area contributed by atoms with E-state index in [-0.39, 0.29) is 22.9 Å². The van der Waals surface area contributed by atoms with Gasteiger partial charge in [-0.25, -0.2) is 4.39 Å². The molecule has 0 aliphatic rings. The van der Waals surface area contributed by atoms with Crippen LogP contribution in [0.5, 0.6) is 5.75 Å². The Bertz CT molecular complexity index is 647. The predicted octanol–water partition coefficient (Wildman–Crippen LogP) is 2.48. The van der Waals surface area contributed by atoms with Crippen LogP contribution in [0.3, 0.4) is 0 Å². The summed E-state index contributed by atoms with van der Waals surface area (Å²) in [7, 11) is 0. The number of para-hydroxylation sites is 1. The molecule has 2 aromatic carbocycles. The van der Waals surface area contributed by atoms with Crippen LogP contribution in [-0.2, 0) is 6.54 Å². The van der Waals surface area contributed by atoms with E-state index < -0.39 is 4.92 Å². The van der Waals surface area contributed by atoms with Gasteiger partial charge >= 0.3 is 0 Å². The molecule has 0 radical (unpaired) electrons. The number of rotatable bonds is 7. The Morgan fingerprint density at radius 2 is 1.95 bits per heavy atom. The average molecular weight is 305 g/mol. The zero-order chi connectivity index (χ0) is 15.9. The van der Waals surface area contributed by atoms with Crippen molar-refractivity contribution in [3.05, 3.63) is 64.0 Å². The van der Waals surface area contributed by atoms with Gasteiger partial charge in [0.05, 0.1) is 4.92 Å². The van der Waals surface area contributed by atoms with Crippen molar-refractivity contribution in [3.8, 4) is 5.75 Å². The van der Waals surface area contributed by atoms with E-state index >= 15 is 0 Å². The van der Waals surface area contributed by atoms with Gasteiger partial charge in [-0.3, -0.25) is 10.1 Å². The quantitative estimate of drug-likeness (QED) is 0.355. The molecule has 0 saturated carbocycles. The van der Waals surface area contributed by atoms with Gasteiger partial charge < -0.3 is 15.8 Å². The third kappa shape index (κ3) is 4.16. The number of benzene rings is 2. The van der Waals surface area contributed by atoms with Crippen molar-refractivity contribution in [3.63, 3.8) is 0 Å². The lowest BCUT2D eigenvalue weighted by molar-refractivity contribution is -0.384. The Morgan fingerprint density at radius 3 is 2.64 bits per heavy atom. The maximum Gasteiger partial charge on any atom is 0.295 e. The van der Waals surface area contributed by atoms with Crippen LogP contribution >= 0.6 is 0 Å². The number of ether oxygens (including phenoxy) is 1. The molecule has 0 unspecified atom stereocenters. The lowest BCUT2D eigenvalue weighted by Gasteiger charge is -2.09. The highest BCUT2D eigenvalue weighted by molar-refractivity contribution is 5.66. The zero-order valence-electron chi connectivity index (χ0n) is 11.8. The molecular weight excluding hydrogens is 289 g/mol. The number of anilines is 1. The molecule has 0 aliphatic heterocycles. The van der Waals surface area contributed by atoms with E-state index in [0.29, 0.717) is 19.7 Å². The standard InChI is InChI=1S/C15H16FN3O3/c16-12-6-4-11(5-7-12)10-18-8-9-22-14-3-1-2-13(15(14)17)19(20)21/h1-7,18H,8-10,17H2. The van der Waals surface area contributed by atoms with Crippen LogP contribution in [0, 0.1) is 15.9 Å². The number of hydrogen-bond acceptors (Lipinski definition) is 5. The molecule has 0 bridgehead atoms. The van der Waals surface area contributed by atoms with Gasteiger partial charge in [0.25, 0.3) is 5.69 Å². The van der Waals surface area contributed by atoms with E-state index in [4.69, 9.17) is 10.5 Å². The first kappa shape index (κ1) is 15.7. The normalized spacial score (nSPS) is 10.4. The number of nitrogens with two attached hydrogens (primary N) is 1. The molecule has 6 nitrogen and oxygen atoms in total. The summed E-state index contributed by atoms with van der Waals surface area (Å²) in [6.45, 7) is 1.42. The van der Waals surface area contributed by atoms with Crippen molar-refractivity contribution < 1.29 is 14.1 Å². The Labute approximate surface area is 126 Å². The molecule has 0 spiro atoms. The highest BCUT2D eigenvalue weighted by Crippen LogP contribution is 2.30. The Kier molecular flexibility index (Phi) is 5.26. The van der Waals surface area contributed by atoms with Gasteiger partial charge in [-0.05, 0) is 23.8 Å². The summed E-state index contributed by atoms with van der Waals surface area (Å²) in [5.41, 5.74) is 6.49. The molecule has 2 rings (SSSR count). The van der Waals surface area contributed by atoms with Gasteiger partial charge in [0.1, 0.15) is 18.2 Å². The molecule has 0 aliphatic carbocycles. The molecule has 7 heteroatoms. The topological polar surface area (TPSA) is 90.4 Å². The fourth-order valence-corrected chi connectivity index (χ4v) is 1.89. The van der Waals surface area contributed by atoms with Crippen molar-refractivity contribution in [1.29, 1.82) is 0 Å². The SMILES string of the molecule is Nc1c(OCCNCc2ccc(F)cc2)cccc1[N+](=O)[O-]. The average Bonchev–Trinajstić information content (AvgIpc) is 2.50. The molecule has 2 aromatic rings. The van der Waals surface area contributed by atoms with Gasteiger partial charge in [0, 0.05) is 19.2 Å². The molecule has 0 aromatic heterocycles. The third-order valence-electron chi connectivity index (χ3n) is 3.02. The summed E-state index contributed by atoms with van der Waals surface area (Å²) in [6, 6.07) is 10.6. The number of nitrogens with zero attached hydrogens (tertiary/aromatic N) is 1. The molecule has 116 valence electrons. The number of nitro benzene ring substituents is 1. The van der Waals surface area contributed by atoms with E-state index in [0.717, 1.165) is 5.56 Å². The largest absolute Gasteiger partial charge is 0.490 e. The maximum absolute atomic E-state index is 12.7. The van der Waals surface area contributed by atoms with Crippen molar-refractivity contribution in [2.45, 2.75) is 6.54 Å². The fourth-order valence-electron chi connectivity index (χ4n) is 1.89. The fraction of sp³-hybridized carbons (Fsp3) is 0.200. The van der Waals surface area contributed by atoms with Crippen molar-refractivity contribution in [1.82, 2.24) is 5.32 Å². The Balaban J connectivity index is 1.78. The summed E-state index contributed by atoms with van der Waals surface area (Å²) in [4.78, 5) is 10.2. The highest BCUT2D eigenvalue weighted by atomic mass is 19.1. The second-order valence-corrected chi connectivity index (χ2v) is 4.60. The first-order chi connectivity index (χ1) is 10.6. The van der Waals surface area contributed by atoms with E-state index in [2.05, 4.69) is 5.32 Å². The summed E-state index contributed by atoms with van der Waals surface area (Å²) in [6.07, 6.45) is 0. The molecule has 0 heterocycles. The number of nitrogen functional groups attached to an aromatic ring is 1. The maximum atomic E-state index is 12.7. The second kappa shape index (κ2) is 7.37. The summed E-state index contributed by atoms with van der Waals surface area (Å²) in [5, 5.41) is 13.9. The summed E-state index contributed by atoms with van der Waals surface area (Å²) >= 11 is 0. The Morgan fingerprint density at radius 1 is 1.23 bits per heavy atom. The van der Waals surface area contributed by atoms with Crippen LogP contribution in [0.1, 0.15) is 5.56 Å². The number of halogens is 1. The third-order valence-corrected chi connectivity index (χ3v) is 3.02. The van der Waals surface area contributed by atoms with Crippen molar-refractivity contribution >= 4 is 11.4 Å². The van der Waals surface area contributed by atoms with Crippen molar-refractivity contribution in [2.75, 3.05) is 18.9 Å².